The van der Waals surface area contributed by atoms with Gasteiger partial charge < -0.3 is 9.67 Å². The van der Waals surface area contributed by atoms with Crippen LogP contribution in [0, 0.1) is 0 Å². The molecule has 18 heavy (non-hydrogen) atoms. The molecule has 0 aliphatic carbocycles. The Balaban J connectivity index is 1.91. The zero-order valence-electron chi connectivity index (χ0n) is 10.1. The zero-order chi connectivity index (χ0) is 12.8. The number of aromatic nitrogens is 3. The Morgan fingerprint density at radius 1 is 1.28 bits per heavy atom. The van der Waals surface area contributed by atoms with Gasteiger partial charge in [-0.2, -0.15) is 0 Å². The van der Waals surface area contributed by atoms with Crippen LogP contribution in [-0.4, -0.2) is 45.9 Å². The first kappa shape index (κ1) is 12.1. The average Bonchev–Trinajstić information content (AvgIpc) is 2.70. The van der Waals surface area contributed by atoms with Crippen molar-refractivity contribution >= 4 is 9.84 Å². The molecular weight excluding hydrogens is 254 g/mol. The summed E-state index contributed by atoms with van der Waals surface area (Å²) in [6.07, 6.45) is 2.59. The molecule has 1 aromatic rings. The summed E-state index contributed by atoms with van der Waals surface area (Å²) in [5.74, 6) is 2.01. The third-order valence-corrected chi connectivity index (χ3v) is 5.60. The second kappa shape index (κ2) is 4.31. The van der Waals surface area contributed by atoms with E-state index in [2.05, 4.69) is 10.2 Å². The molecular formula is C11H17N3O3S. The second-order valence-electron chi connectivity index (χ2n) is 5.23. The van der Waals surface area contributed by atoms with Gasteiger partial charge in [0.25, 0.3) is 0 Å². The SMILES string of the molecule is O=S1(=O)CCCC(c2nnc3n2CC(O)CC3)C1. The fourth-order valence-electron chi connectivity index (χ4n) is 2.86. The summed E-state index contributed by atoms with van der Waals surface area (Å²) in [6.45, 7) is 0.494. The van der Waals surface area contributed by atoms with Crippen molar-refractivity contribution in [1.82, 2.24) is 14.8 Å². The molecule has 100 valence electrons. The molecule has 1 fully saturated rings. The minimum Gasteiger partial charge on any atom is -0.391 e. The van der Waals surface area contributed by atoms with Crippen LogP contribution >= 0.6 is 0 Å². The quantitative estimate of drug-likeness (QED) is 0.769. The van der Waals surface area contributed by atoms with Crippen LogP contribution in [0.25, 0.3) is 0 Å². The molecule has 3 rings (SSSR count). The Morgan fingerprint density at radius 2 is 2.11 bits per heavy atom. The Morgan fingerprint density at radius 3 is 2.89 bits per heavy atom. The lowest BCUT2D eigenvalue weighted by atomic mass is 10.0. The van der Waals surface area contributed by atoms with E-state index in [0.717, 1.165) is 18.1 Å². The molecule has 0 amide bonds. The highest BCUT2D eigenvalue weighted by Gasteiger charge is 2.31. The van der Waals surface area contributed by atoms with Crippen LogP contribution < -0.4 is 0 Å². The number of fused-ring (bicyclic) bond motifs is 1. The van der Waals surface area contributed by atoms with Crippen molar-refractivity contribution in [2.75, 3.05) is 11.5 Å². The number of hydrogen-bond donors (Lipinski definition) is 1. The molecule has 0 aromatic carbocycles. The van der Waals surface area contributed by atoms with Crippen molar-refractivity contribution in [3.05, 3.63) is 11.6 Å². The first-order valence-corrected chi connectivity index (χ1v) is 8.18. The van der Waals surface area contributed by atoms with Gasteiger partial charge in [0.05, 0.1) is 24.2 Å². The summed E-state index contributed by atoms with van der Waals surface area (Å²) >= 11 is 0. The summed E-state index contributed by atoms with van der Waals surface area (Å²) < 4.78 is 25.3. The molecule has 0 radical (unpaired) electrons. The Hall–Kier alpha value is -0.950. The van der Waals surface area contributed by atoms with E-state index in [0.29, 0.717) is 25.8 Å². The van der Waals surface area contributed by atoms with Crippen molar-refractivity contribution in [3.8, 4) is 0 Å². The Kier molecular flexibility index (Phi) is 2.90. The van der Waals surface area contributed by atoms with Crippen LogP contribution in [-0.2, 0) is 22.8 Å². The molecule has 2 unspecified atom stereocenters. The lowest BCUT2D eigenvalue weighted by Gasteiger charge is -2.25. The lowest BCUT2D eigenvalue weighted by molar-refractivity contribution is 0.128. The fourth-order valence-corrected chi connectivity index (χ4v) is 4.56. The largest absolute Gasteiger partial charge is 0.391 e. The van der Waals surface area contributed by atoms with Crippen LogP contribution in [0.4, 0.5) is 0 Å². The van der Waals surface area contributed by atoms with Crippen LogP contribution in [0.5, 0.6) is 0 Å². The third kappa shape index (κ3) is 2.16. The molecule has 0 saturated carbocycles. The van der Waals surface area contributed by atoms with E-state index in [9.17, 15) is 13.5 Å². The standard InChI is InChI=1S/C11H17N3O3S/c15-9-3-4-10-12-13-11(14(10)6-9)8-2-1-5-18(16,17)7-8/h8-9,15H,1-7H2. The van der Waals surface area contributed by atoms with Crippen molar-refractivity contribution < 1.29 is 13.5 Å². The van der Waals surface area contributed by atoms with Gasteiger partial charge >= 0.3 is 0 Å². The van der Waals surface area contributed by atoms with Crippen LogP contribution in [0.15, 0.2) is 0 Å². The zero-order valence-corrected chi connectivity index (χ0v) is 10.9. The van der Waals surface area contributed by atoms with Gasteiger partial charge in [-0.3, -0.25) is 0 Å². The molecule has 0 bridgehead atoms. The van der Waals surface area contributed by atoms with E-state index < -0.39 is 9.84 Å². The minimum absolute atomic E-state index is 0.0599. The molecule has 2 aliphatic rings. The highest BCUT2D eigenvalue weighted by atomic mass is 32.2. The monoisotopic (exact) mass is 271 g/mol. The van der Waals surface area contributed by atoms with E-state index in [1.807, 2.05) is 4.57 Å². The van der Waals surface area contributed by atoms with Gasteiger partial charge in [-0.1, -0.05) is 0 Å². The first-order chi connectivity index (χ1) is 8.55. The predicted octanol–water partition coefficient (Wildman–Crippen LogP) is -0.123. The van der Waals surface area contributed by atoms with E-state index in [1.165, 1.54) is 0 Å². The van der Waals surface area contributed by atoms with Gasteiger partial charge in [-0.15, -0.1) is 10.2 Å². The van der Waals surface area contributed by atoms with E-state index in [-0.39, 0.29) is 23.5 Å². The van der Waals surface area contributed by atoms with Crippen LogP contribution in [0.2, 0.25) is 0 Å². The maximum Gasteiger partial charge on any atom is 0.151 e. The molecule has 1 saturated heterocycles. The lowest BCUT2D eigenvalue weighted by Crippen LogP contribution is -2.30. The number of aliphatic hydroxyl groups excluding tert-OH is 1. The molecule has 0 spiro atoms. The molecule has 6 nitrogen and oxygen atoms in total. The van der Waals surface area contributed by atoms with Gasteiger partial charge in [0, 0.05) is 12.3 Å². The summed E-state index contributed by atoms with van der Waals surface area (Å²) in [5.41, 5.74) is 0. The van der Waals surface area contributed by atoms with Gasteiger partial charge in [0.2, 0.25) is 0 Å². The summed E-state index contributed by atoms with van der Waals surface area (Å²) in [6, 6.07) is 0. The molecule has 1 N–H and O–H groups in total. The number of hydrogen-bond acceptors (Lipinski definition) is 5. The second-order valence-corrected chi connectivity index (χ2v) is 7.46. The molecule has 3 heterocycles. The van der Waals surface area contributed by atoms with Crippen LogP contribution in [0.3, 0.4) is 0 Å². The average molecular weight is 271 g/mol. The first-order valence-electron chi connectivity index (χ1n) is 6.35. The summed E-state index contributed by atoms with van der Waals surface area (Å²) in [4.78, 5) is 0. The maximum absolute atomic E-state index is 11.7. The number of sulfone groups is 1. The van der Waals surface area contributed by atoms with Gasteiger partial charge in [-0.05, 0) is 19.3 Å². The number of aryl methyl sites for hydroxylation is 1. The van der Waals surface area contributed by atoms with Crippen LogP contribution in [0.1, 0.15) is 36.8 Å². The topological polar surface area (TPSA) is 85.1 Å². The smallest absolute Gasteiger partial charge is 0.151 e. The molecule has 1 aromatic heterocycles. The number of aliphatic hydroxyl groups is 1. The number of nitrogens with zero attached hydrogens (tertiary/aromatic N) is 3. The van der Waals surface area contributed by atoms with E-state index in [1.54, 1.807) is 0 Å². The van der Waals surface area contributed by atoms with Crippen molar-refractivity contribution in [3.63, 3.8) is 0 Å². The highest BCUT2D eigenvalue weighted by Crippen LogP contribution is 2.29. The van der Waals surface area contributed by atoms with Gasteiger partial charge in [-0.25, -0.2) is 8.42 Å². The normalized spacial score (nSPS) is 30.9. The van der Waals surface area contributed by atoms with Gasteiger partial charge in [0.1, 0.15) is 11.6 Å². The Bertz CT molecular complexity index is 552. The summed E-state index contributed by atoms with van der Waals surface area (Å²) in [7, 11) is -2.94. The highest BCUT2D eigenvalue weighted by molar-refractivity contribution is 7.91. The van der Waals surface area contributed by atoms with E-state index >= 15 is 0 Å². The summed E-state index contributed by atoms with van der Waals surface area (Å²) in [5, 5.41) is 18.0. The number of rotatable bonds is 1. The predicted molar refractivity (Wildman–Crippen MR) is 65.0 cm³/mol. The fraction of sp³-hybridized carbons (Fsp3) is 0.818. The Labute approximate surface area is 106 Å². The molecule has 7 heteroatoms. The minimum atomic E-state index is -2.94. The van der Waals surface area contributed by atoms with E-state index in [4.69, 9.17) is 0 Å². The van der Waals surface area contributed by atoms with Gasteiger partial charge in [0.15, 0.2) is 9.84 Å². The third-order valence-electron chi connectivity index (χ3n) is 3.78. The van der Waals surface area contributed by atoms with Crippen molar-refractivity contribution in [2.45, 2.75) is 44.2 Å². The molecule has 2 aliphatic heterocycles. The maximum atomic E-state index is 11.7. The van der Waals surface area contributed by atoms with Crippen molar-refractivity contribution in [2.24, 2.45) is 0 Å². The molecule has 2 atom stereocenters. The van der Waals surface area contributed by atoms with Crippen molar-refractivity contribution in [1.29, 1.82) is 0 Å².